The molecule has 2 unspecified atom stereocenters. The van der Waals surface area contributed by atoms with E-state index in [-0.39, 0.29) is 6.61 Å². The van der Waals surface area contributed by atoms with Crippen molar-refractivity contribution in [2.45, 2.75) is 25.9 Å². The van der Waals surface area contributed by atoms with Crippen LogP contribution < -0.4 is 0 Å². The van der Waals surface area contributed by atoms with Crippen molar-refractivity contribution in [2.75, 3.05) is 13.7 Å². The third-order valence-corrected chi connectivity index (χ3v) is 0.976. The number of methoxy groups -OCH3 is 1. The molecule has 0 saturated carbocycles. The fraction of sp³-hybridized carbons (Fsp3) is 1.00. The van der Waals surface area contributed by atoms with Gasteiger partial charge >= 0.3 is 0 Å². The van der Waals surface area contributed by atoms with Crippen LogP contribution in [0.1, 0.15) is 13.3 Å². The van der Waals surface area contributed by atoms with Gasteiger partial charge in [-0.05, 0) is 6.92 Å². The molecule has 2 N–H and O–H groups in total. The fourth-order valence-electron chi connectivity index (χ4n) is 0.567. The minimum absolute atomic E-state index is 0.00870. The van der Waals surface area contributed by atoms with E-state index in [2.05, 4.69) is 0 Å². The molecule has 0 bridgehead atoms. The van der Waals surface area contributed by atoms with E-state index in [1.165, 1.54) is 14.0 Å². The third kappa shape index (κ3) is 4.69. The molecule has 4 nitrogen and oxygen atoms in total. The summed E-state index contributed by atoms with van der Waals surface area (Å²) in [5.74, 6) is 0. The van der Waals surface area contributed by atoms with Crippen LogP contribution in [0.25, 0.3) is 0 Å². The van der Waals surface area contributed by atoms with Gasteiger partial charge in [-0.25, -0.2) is 0 Å². The normalized spacial score (nSPS) is 16.8. The van der Waals surface area contributed by atoms with Gasteiger partial charge < -0.3 is 19.7 Å². The summed E-state index contributed by atoms with van der Waals surface area (Å²) >= 11 is 0. The van der Waals surface area contributed by atoms with Crippen LogP contribution in [0.2, 0.25) is 0 Å². The maximum absolute atomic E-state index is 8.70. The second-order valence-electron chi connectivity index (χ2n) is 1.91. The Morgan fingerprint density at radius 1 is 1.50 bits per heavy atom. The van der Waals surface area contributed by atoms with E-state index in [4.69, 9.17) is 19.7 Å². The van der Waals surface area contributed by atoms with E-state index in [9.17, 15) is 0 Å². The van der Waals surface area contributed by atoms with Gasteiger partial charge in [0.25, 0.3) is 0 Å². The molecule has 0 saturated heterocycles. The molecule has 0 radical (unpaired) electrons. The van der Waals surface area contributed by atoms with E-state index >= 15 is 0 Å². The van der Waals surface area contributed by atoms with Gasteiger partial charge in [0.1, 0.15) is 0 Å². The first-order chi connectivity index (χ1) is 4.70. The van der Waals surface area contributed by atoms with Crippen molar-refractivity contribution in [1.82, 2.24) is 0 Å². The number of aliphatic hydroxyl groups excluding tert-OH is 2. The first kappa shape index (κ1) is 9.84. The van der Waals surface area contributed by atoms with E-state index < -0.39 is 12.6 Å². The molecule has 0 spiro atoms. The van der Waals surface area contributed by atoms with Crippen LogP contribution in [0, 0.1) is 0 Å². The zero-order valence-corrected chi connectivity index (χ0v) is 6.28. The van der Waals surface area contributed by atoms with Crippen molar-refractivity contribution in [3.8, 4) is 0 Å². The monoisotopic (exact) mass is 150 g/mol. The van der Waals surface area contributed by atoms with Gasteiger partial charge in [-0.1, -0.05) is 0 Å². The van der Waals surface area contributed by atoms with E-state index in [1.54, 1.807) is 0 Å². The smallest absolute Gasteiger partial charge is 0.162 e. The van der Waals surface area contributed by atoms with Gasteiger partial charge in [0.2, 0.25) is 0 Å². The number of rotatable bonds is 5. The topological polar surface area (TPSA) is 58.9 Å². The predicted octanol–water partition coefficient (Wildman–Crippen LogP) is -0.304. The Hall–Kier alpha value is -0.160. The number of hydrogen-bond donors (Lipinski definition) is 2. The van der Waals surface area contributed by atoms with Crippen molar-refractivity contribution >= 4 is 0 Å². The Labute approximate surface area is 60.4 Å². The average Bonchev–Trinajstić information content (AvgIpc) is 1.86. The van der Waals surface area contributed by atoms with Crippen molar-refractivity contribution in [3.05, 3.63) is 0 Å². The highest BCUT2D eigenvalue weighted by molar-refractivity contribution is 4.41. The average molecular weight is 150 g/mol. The molecule has 0 aliphatic rings. The summed E-state index contributed by atoms with van der Waals surface area (Å²) in [6.07, 6.45) is -0.983. The molecule has 0 aliphatic heterocycles. The zero-order valence-electron chi connectivity index (χ0n) is 6.28. The van der Waals surface area contributed by atoms with Crippen LogP contribution in [0.3, 0.4) is 0 Å². The first-order valence-electron chi connectivity index (χ1n) is 3.18. The van der Waals surface area contributed by atoms with Gasteiger partial charge in [-0.3, -0.25) is 0 Å². The number of hydrogen-bond acceptors (Lipinski definition) is 4. The molecule has 0 amide bonds. The highest BCUT2D eigenvalue weighted by Crippen LogP contribution is 2.00. The Bertz CT molecular complexity index is 74.1. The third-order valence-electron chi connectivity index (χ3n) is 0.976. The van der Waals surface area contributed by atoms with Crippen LogP contribution in [0.5, 0.6) is 0 Å². The van der Waals surface area contributed by atoms with Crippen molar-refractivity contribution in [1.29, 1.82) is 0 Å². The van der Waals surface area contributed by atoms with Gasteiger partial charge in [-0.15, -0.1) is 0 Å². The van der Waals surface area contributed by atoms with Crippen LogP contribution in [-0.2, 0) is 9.47 Å². The van der Waals surface area contributed by atoms with Crippen LogP contribution in [0.15, 0.2) is 0 Å². The van der Waals surface area contributed by atoms with Crippen molar-refractivity contribution in [2.24, 2.45) is 0 Å². The quantitative estimate of drug-likeness (QED) is 0.528. The summed E-state index contributed by atoms with van der Waals surface area (Å²) in [7, 11) is 1.46. The minimum Gasteiger partial charge on any atom is -0.396 e. The lowest BCUT2D eigenvalue weighted by Crippen LogP contribution is -2.22. The standard InChI is InChI=1S/C6H14O4/c1-5(8)10-6(9-2)3-4-7/h5-8H,3-4H2,1-2H3. The molecule has 4 heteroatoms. The lowest BCUT2D eigenvalue weighted by Gasteiger charge is -2.16. The predicted molar refractivity (Wildman–Crippen MR) is 35.3 cm³/mol. The van der Waals surface area contributed by atoms with Crippen LogP contribution in [-0.4, -0.2) is 36.5 Å². The van der Waals surface area contributed by atoms with E-state index in [1.807, 2.05) is 0 Å². The molecule has 0 aromatic carbocycles. The van der Waals surface area contributed by atoms with Gasteiger partial charge in [0.15, 0.2) is 12.6 Å². The summed E-state index contributed by atoms with van der Waals surface area (Å²) in [5.41, 5.74) is 0. The molecular weight excluding hydrogens is 136 g/mol. The van der Waals surface area contributed by atoms with Gasteiger partial charge in [0.05, 0.1) is 0 Å². The second-order valence-corrected chi connectivity index (χ2v) is 1.91. The Balaban J connectivity index is 3.39. The Kier molecular flexibility index (Phi) is 5.52. The van der Waals surface area contributed by atoms with E-state index in [0.29, 0.717) is 6.42 Å². The lowest BCUT2D eigenvalue weighted by molar-refractivity contribution is -0.215. The molecule has 62 valence electrons. The second kappa shape index (κ2) is 5.61. The lowest BCUT2D eigenvalue weighted by atomic mass is 10.4. The molecule has 2 atom stereocenters. The molecule has 0 rings (SSSR count). The highest BCUT2D eigenvalue weighted by atomic mass is 16.7. The highest BCUT2D eigenvalue weighted by Gasteiger charge is 2.08. The molecule has 10 heavy (non-hydrogen) atoms. The van der Waals surface area contributed by atoms with Crippen LogP contribution in [0.4, 0.5) is 0 Å². The summed E-state index contributed by atoms with van der Waals surface area (Å²) in [6.45, 7) is 1.48. The van der Waals surface area contributed by atoms with Gasteiger partial charge in [0, 0.05) is 20.1 Å². The van der Waals surface area contributed by atoms with E-state index in [0.717, 1.165) is 0 Å². The number of ether oxygens (including phenoxy) is 2. The van der Waals surface area contributed by atoms with Crippen molar-refractivity contribution < 1.29 is 19.7 Å². The first-order valence-corrected chi connectivity index (χ1v) is 3.18. The molecule has 0 fully saturated rings. The Morgan fingerprint density at radius 2 is 2.10 bits per heavy atom. The summed E-state index contributed by atoms with van der Waals surface area (Å²) < 4.78 is 9.57. The largest absolute Gasteiger partial charge is 0.396 e. The van der Waals surface area contributed by atoms with Gasteiger partial charge in [-0.2, -0.15) is 0 Å². The molecule has 0 aromatic heterocycles. The fourth-order valence-corrected chi connectivity index (χ4v) is 0.567. The molecule has 0 aromatic rings. The molecular formula is C6H14O4. The maximum atomic E-state index is 8.70. The minimum atomic E-state index is -0.850. The zero-order chi connectivity index (χ0) is 7.98. The molecule has 0 heterocycles. The summed E-state index contributed by atoms with van der Waals surface area (Å²) in [5, 5.41) is 17.1. The maximum Gasteiger partial charge on any atom is 0.162 e. The Morgan fingerprint density at radius 3 is 2.40 bits per heavy atom. The SMILES string of the molecule is COC(CCO)OC(C)O. The van der Waals surface area contributed by atoms with Crippen LogP contribution >= 0.6 is 0 Å². The molecule has 0 aliphatic carbocycles. The summed E-state index contributed by atoms with van der Waals surface area (Å²) in [4.78, 5) is 0. The summed E-state index contributed by atoms with van der Waals surface area (Å²) in [6, 6.07) is 0. The number of aliphatic hydroxyl groups is 2. The van der Waals surface area contributed by atoms with Crippen molar-refractivity contribution in [3.63, 3.8) is 0 Å².